The lowest BCUT2D eigenvalue weighted by atomic mass is 9.96. The van der Waals surface area contributed by atoms with Crippen LogP contribution in [0.3, 0.4) is 0 Å². The Labute approximate surface area is 102 Å². The number of rotatable bonds is 3. The lowest BCUT2D eigenvalue weighted by Crippen LogP contribution is -2.17. The monoisotopic (exact) mass is 239 g/mol. The van der Waals surface area contributed by atoms with Crippen LogP contribution in [0.1, 0.15) is 30.4 Å². The molecule has 0 aromatic heterocycles. The standard InChI is InChI=1S/C13H18ClNO/c1-9(15)6-10-2-3-12(13(14)7-10)11-4-5-16-8-11/h2-3,7,9,11H,4-6,8,15H2,1H3. The summed E-state index contributed by atoms with van der Waals surface area (Å²) >= 11 is 6.30. The van der Waals surface area contributed by atoms with E-state index >= 15 is 0 Å². The number of hydrogen-bond acceptors (Lipinski definition) is 2. The maximum atomic E-state index is 6.30. The summed E-state index contributed by atoms with van der Waals surface area (Å²) in [6.45, 7) is 3.65. The van der Waals surface area contributed by atoms with Gasteiger partial charge in [-0.05, 0) is 37.0 Å². The molecule has 2 N–H and O–H groups in total. The largest absolute Gasteiger partial charge is 0.381 e. The molecule has 0 aliphatic carbocycles. The van der Waals surface area contributed by atoms with Crippen LogP contribution in [0.2, 0.25) is 5.02 Å². The van der Waals surface area contributed by atoms with Crippen molar-refractivity contribution < 1.29 is 4.74 Å². The van der Waals surface area contributed by atoms with Crippen molar-refractivity contribution in [1.29, 1.82) is 0 Å². The van der Waals surface area contributed by atoms with Crippen molar-refractivity contribution in [2.45, 2.75) is 31.7 Å². The zero-order chi connectivity index (χ0) is 11.5. The van der Waals surface area contributed by atoms with Gasteiger partial charge in [0.25, 0.3) is 0 Å². The lowest BCUT2D eigenvalue weighted by molar-refractivity contribution is 0.194. The van der Waals surface area contributed by atoms with Gasteiger partial charge in [-0.15, -0.1) is 0 Å². The van der Waals surface area contributed by atoms with Crippen LogP contribution < -0.4 is 5.73 Å². The second-order valence-corrected chi connectivity index (χ2v) is 5.00. The molecule has 0 spiro atoms. The van der Waals surface area contributed by atoms with Crippen LogP contribution in [0.4, 0.5) is 0 Å². The van der Waals surface area contributed by atoms with Gasteiger partial charge in [-0.25, -0.2) is 0 Å². The predicted octanol–water partition coefficient (Wildman–Crippen LogP) is 2.73. The molecule has 88 valence electrons. The summed E-state index contributed by atoms with van der Waals surface area (Å²) in [7, 11) is 0. The molecule has 1 fully saturated rings. The van der Waals surface area contributed by atoms with E-state index in [4.69, 9.17) is 22.1 Å². The van der Waals surface area contributed by atoms with Crippen LogP contribution >= 0.6 is 11.6 Å². The zero-order valence-corrected chi connectivity index (χ0v) is 10.3. The summed E-state index contributed by atoms with van der Waals surface area (Å²) in [6.07, 6.45) is 1.95. The van der Waals surface area contributed by atoms with Gasteiger partial charge in [0.2, 0.25) is 0 Å². The molecule has 0 saturated carbocycles. The Kier molecular flexibility index (Phi) is 3.85. The fourth-order valence-corrected chi connectivity index (χ4v) is 2.54. The first-order valence-electron chi connectivity index (χ1n) is 5.78. The first-order valence-corrected chi connectivity index (χ1v) is 6.16. The lowest BCUT2D eigenvalue weighted by Gasteiger charge is -2.12. The molecule has 1 aliphatic heterocycles. The molecule has 16 heavy (non-hydrogen) atoms. The van der Waals surface area contributed by atoms with E-state index < -0.39 is 0 Å². The molecule has 1 aromatic rings. The summed E-state index contributed by atoms with van der Waals surface area (Å²) in [5.74, 6) is 0.469. The van der Waals surface area contributed by atoms with E-state index in [0.717, 1.165) is 31.1 Å². The fraction of sp³-hybridized carbons (Fsp3) is 0.538. The van der Waals surface area contributed by atoms with Crippen LogP contribution in [0.15, 0.2) is 18.2 Å². The zero-order valence-electron chi connectivity index (χ0n) is 9.58. The van der Waals surface area contributed by atoms with Crippen molar-refractivity contribution in [2.75, 3.05) is 13.2 Å². The highest BCUT2D eigenvalue weighted by Gasteiger charge is 2.20. The number of ether oxygens (including phenoxy) is 1. The van der Waals surface area contributed by atoms with Gasteiger partial charge in [0, 0.05) is 23.6 Å². The van der Waals surface area contributed by atoms with Crippen LogP contribution in [0.25, 0.3) is 0 Å². The molecular weight excluding hydrogens is 222 g/mol. The summed E-state index contributed by atoms with van der Waals surface area (Å²) in [5, 5.41) is 0.855. The van der Waals surface area contributed by atoms with Gasteiger partial charge in [-0.2, -0.15) is 0 Å². The molecule has 2 rings (SSSR count). The van der Waals surface area contributed by atoms with Gasteiger partial charge < -0.3 is 10.5 Å². The van der Waals surface area contributed by atoms with E-state index in [1.165, 1.54) is 11.1 Å². The van der Waals surface area contributed by atoms with E-state index in [9.17, 15) is 0 Å². The smallest absolute Gasteiger partial charge is 0.0536 e. The summed E-state index contributed by atoms with van der Waals surface area (Å²) in [6, 6.07) is 6.47. The highest BCUT2D eigenvalue weighted by molar-refractivity contribution is 6.31. The van der Waals surface area contributed by atoms with Gasteiger partial charge >= 0.3 is 0 Å². The molecule has 2 unspecified atom stereocenters. The quantitative estimate of drug-likeness (QED) is 0.881. The first-order chi connectivity index (χ1) is 7.66. The van der Waals surface area contributed by atoms with E-state index in [1.54, 1.807) is 0 Å². The van der Waals surface area contributed by atoms with Crippen molar-refractivity contribution in [3.05, 3.63) is 34.3 Å². The maximum Gasteiger partial charge on any atom is 0.0536 e. The predicted molar refractivity (Wildman–Crippen MR) is 67.0 cm³/mol. The van der Waals surface area contributed by atoms with Crippen molar-refractivity contribution in [2.24, 2.45) is 5.73 Å². The average Bonchev–Trinajstić information content (AvgIpc) is 2.69. The third kappa shape index (κ3) is 2.76. The summed E-state index contributed by atoms with van der Waals surface area (Å²) in [4.78, 5) is 0. The molecule has 0 radical (unpaired) electrons. The summed E-state index contributed by atoms with van der Waals surface area (Å²) < 4.78 is 5.38. The normalized spacial score (nSPS) is 22.3. The second kappa shape index (κ2) is 5.17. The number of nitrogens with two attached hydrogens (primary N) is 1. The van der Waals surface area contributed by atoms with Crippen molar-refractivity contribution in [3.8, 4) is 0 Å². The van der Waals surface area contributed by atoms with Gasteiger partial charge in [-0.1, -0.05) is 23.7 Å². The van der Waals surface area contributed by atoms with Crippen molar-refractivity contribution in [1.82, 2.24) is 0 Å². The minimum atomic E-state index is 0.178. The molecular formula is C13H18ClNO. The van der Waals surface area contributed by atoms with Crippen molar-refractivity contribution in [3.63, 3.8) is 0 Å². The van der Waals surface area contributed by atoms with Gasteiger partial charge in [0.1, 0.15) is 0 Å². The average molecular weight is 240 g/mol. The maximum absolute atomic E-state index is 6.30. The van der Waals surface area contributed by atoms with E-state index in [-0.39, 0.29) is 6.04 Å². The van der Waals surface area contributed by atoms with E-state index in [1.807, 2.05) is 13.0 Å². The third-order valence-electron chi connectivity index (χ3n) is 2.99. The minimum Gasteiger partial charge on any atom is -0.381 e. The molecule has 0 amide bonds. The Morgan fingerprint density at radius 1 is 1.56 bits per heavy atom. The van der Waals surface area contributed by atoms with Gasteiger partial charge in [-0.3, -0.25) is 0 Å². The third-order valence-corrected chi connectivity index (χ3v) is 3.32. The Bertz CT molecular complexity index is 359. The Morgan fingerprint density at radius 2 is 2.38 bits per heavy atom. The van der Waals surface area contributed by atoms with Gasteiger partial charge in [0.05, 0.1) is 6.61 Å². The molecule has 1 aromatic carbocycles. The molecule has 0 bridgehead atoms. The van der Waals surface area contributed by atoms with Crippen LogP contribution in [-0.2, 0) is 11.2 Å². The SMILES string of the molecule is CC(N)Cc1ccc(C2CCOC2)c(Cl)c1. The Balaban J connectivity index is 2.15. The van der Waals surface area contributed by atoms with Crippen LogP contribution in [0.5, 0.6) is 0 Å². The first kappa shape index (κ1) is 11.9. The van der Waals surface area contributed by atoms with Crippen LogP contribution in [0, 0.1) is 0 Å². The second-order valence-electron chi connectivity index (χ2n) is 4.60. The van der Waals surface area contributed by atoms with E-state index in [0.29, 0.717) is 5.92 Å². The highest BCUT2D eigenvalue weighted by Crippen LogP contribution is 2.31. The topological polar surface area (TPSA) is 35.2 Å². The number of halogens is 1. The molecule has 1 aliphatic rings. The molecule has 2 atom stereocenters. The molecule has 2 nitrogen and oxygen atoms in total. The fourth-order valence-electron chi connectivity index (χ4n) is 2.18. The van der Waals surface area contributed by atoms with Crippen molar-refractivity contribution >= 4 is 11.6 Å². The Morgan fingerprint density at radius 3 is 2.94 bits per heavy atom. The molecule has 1 heterocycles. The van der Waals surface area contributed by atoms with Gasteiger partial charge in [0.15, 0.2) is 0 Å². The minimum absolute atomic E-state index is 0.178. The number of hydrogen-bond donors (Lipinski definition) is 1. The van der Waals surface area contributed by atoms with E-state index in [2.05, 4.69) is 12.1 Å². The van der Waals surface area contributed by atoms with Crippen LogP contribution in [-0.4, -0.2) is 19.3 Å². The molecule has 3 heteroatoms. The Hall–Kier alpha value is -0.570. The number of benzene rings is 1. The molecule has 1 saturated heterocycles. The highest BCUT2D eigenvalue weighted by atomic mass is 35.5. The summed E-state index contributed by atoms with van der Waals surface area (Å²) in [5.41, 5.74) is 8.20.